The van der Waals surface area contributed by atoms with Gasteiger partial charge in [-0.25, -0.2) is 4.98 Å². The van der Waals surface area contributed by atoms with E-state index in [-0.39, 0.29) is 0 Å². The summed E-state index contributed by atoms with van der Waals surface area (Å²) in [6, 6.07) is 14.5. The first kappa shape index (κ1) is 19.0. The Balaban J connectivity index is 1.57. The Kier molecular flexibility index (Phi) is 6.47. The number of para-hydroxylation sites is 2. The minimum Gasteiger partial charge on any atom is -0.493 e. The Morgan fingerprint density at radius 2 is 2.00 bits per heavy atom. The van der Waals surface area contributed by atoms with E-state index in [2.05, 4.69) is 41.9 Å². The van der Waals surface area contributed by atoms with E-state index >= 15 is 0 Å². The lowest BCUT2D eigenvalue weighted by Crippen LogP contribution is -2.17. The van der Waals surface area contributed by atoms with E-state index in [4.69, 9.17) is 9.72 Å². The highest BCUT2D eigenvalue weighted by Gasteiger charge is 2.10. The zero-order chi connectivity index (χ0) is 19.1. The van der Waals surface area contributed by atoms with Crippen molar-refractivity contribution in [3.63, 3.8) is 0 Å². The number of imidazole rings is 1. The molecule has 3 aromatic rings. The molecule has 0 aliphatic heterocycles. The SMILES string of the molecule is Cc1ccc(OCCCCn2c(CCNC=O)nc3ccccc32)c(C)c1. The summed E-state index contributed by atoms with van der Waals surface area (Å²) in [5, 5.41) is 2.72. The third-order valence-electron chi connectivity index (χ3n) is 4.67. The van der Waals surface area contributed by atoms with Crippen LogP contribution in [-0.2, 0) is 17.8 Å². The fraction of sp³-hybridized carbons (Fsp3) is 0.364. The number of aromatic nitrogens is 2. The van der Waals surface area contributed by atoms with Gasteiger partial charge in [-0.2, -0.15) is 0 Å². The molecule has 0 radical (unpaired) electrons. The van der Waals surface area contributed by atoms with Crippen LogP contribution in [0.5, 0.6) is 5.75 Å². The lowest BCUT2D eigenvalue weighted by molar-refractivity contribution is -0.109. The van der Waals surface area contributed by atoms with Crippen LogP contribution in [0.3, 0.4) is 0 Å². The number of fused-ring (bicyclic) bond motifs is 1. The van der Waals surface area contributed by atoms with Crippen molar-refractivity contribution in [3.05, 3.63) is 59.4 Å². The number of benzene rings is 2. The number of carbonyl (C=O) groups is 1. The van der Waals surface area contributed by atoms with E-state index in [1.165, 1.54) is 11.1 Å². The number of nitrogens with zero attached hydrogens (tertiary/aromatic N) is 2. The van der Waals surface area contributed by atoms with Gasteiger partial charge in [0.2, 0.25) is 6.41 Å². The maximum absolute atomic E-state index is 10.5. The molecule has 27 heavy (non-hydrogen) atoms. The number of unbranched alkanes of at least 4 members (excludes halogenated alkanes) is 1. The molecule has 0 fully saturated rings. The molecule has 142 valence electrons. The molecular formula is C22H27N3O2. The maximum atomic E-state index is 10.5. The minimum absolute atomic E-state index is 0.600. The molecule has 0 unspecified atom stereocenters. The summed E-state index contributed by atoms with van der Waals surface area (Å²) in [7, 11) is 0. The summed E-state index contributed by atoms with van der Waals surface area (Å²) in [6.45, 7) is 6.38. The predicted octanol–water partition coefficient (Wildman–Crippen LogP) is 3.80. The minimum atomic E-state index is 0.600. The van der Waals surface area contributed by atoms with Gasteiger partial charge in [-0.3, -0.25) is 4.79 Å². The highest BCUT2D eigenvalue weighted by Crippen LogP contribution is 2.20. The van der Waals surface area contributed by atoms with Crippen LogP contribution in [0.15, 0.2) is 42.5 Å². The van der Waals surface area contributed by atoms with E-state index in [0.717, 1.165) is 54.8 Å². The quantitative estimate of drug-likeness (QED) is 0.439. The monoisotopic (exact) mass is 365 g/mol. The zero-order valence-corrected chi connectivity index (χ0v) is 16.1. The Labute approximate surface area is 160 Å². The molecule has 0 bridgehead atoms. The Hall–Kier alpha value is -2.82. The summed E-state index contributed by atoms with van der Waals surface area (Å²) >= 11 is 0. The van der Waals surface area contributed by atoms with Gasteiger partial charge < -0.3 is 14.6 Å². The molecule has 0 spiro atoms. The second-order valence-corrected chi connectivity index (χ2v) is 6.81. The maximum Gasteiger partial charge on any atom is 0.207 e. The number of hydrogen-bond donors (Lipinski definition) is 1. The molecule has 5 nitrogen and oxygen atoms in total. The Morgan fingerprint density at radius 3 is 2.81 bits per heavy atom. The molecule has 2 aromatic carbocycles. The van der Waals surface area contributed by atoms with Crippen LogP contribution in [0.2, 0.25) is 0 Å². The smallest absolute Gasteiger partial charge is 0.207 e. The third kappa shape index (κ3) is 4.88. The van der Waals surface area contributed by atoms with E-state index in [1.807, 2.05) is 24.3 Å². The van der Waals surface area contributed by atoms with Crippen molar-refractivity contribution in [2.24, 2.45) is 0 Å². The molecule has 3 rings (SSSR count). The molecule has 5 heteroatoms. The van der Waals surface area contributed by atoms with E-state index in [0.29, 0.717) is 13.2 Å². The number of nitrogens with one attached hydrogen (secondary N) is 1. The van der Waals surface area contributed by atoms with Crippen LogP contribution in [-0.4, -0.2) is 29.1 Å². The lowest BCUT2D eigenvalue weighted by Gasteiger charge is -2.11. The van der Waals surface area contributed by atoms with Gasteiger partial charge in [-0.05, 0) is 50.5 Å². The van der Waals surface area contributed by atoms with Gasteiger partial charge in [0, 0.05) is 19.5 Å². The molecular weight excluding hydrogens is 338 g/mol. The van der Waals surface area contributed by atoms with Crippen molar-refractivity contribution in [2.75, 3.05) is 13.2 Å². The molecule has 0 saturated carbocycles. The van der Waals surface area contributed by atoms with Crippen LogP contribution in [0.4, 0.5) is 0 Å². The highest BCUT2D eigenvalue weighted by atomic mass is 16.5. The summed E-state index contributed by atoms with van der Waals surface area (Å²) in [4.78, 5) is 15.2. The second-order valence-electron chi connectivity index (χ2n) is 6.81. The Bertz CT molecular complexity index is 902. The summed E-state index contributed by atoms with van der Waals surface area (Å²) in [5.74, 6) is 1.98. The molecule has 1 aromatic heterocycles. The molecule has 0 aliphatic rings. The fourth-order valence-electron chi connectivity index (χ4n) is 3.32. The van der Waals surface area contributed by atoms with Gasteiger partial charge in [0.25, 0.3) is 0 Å². The summed E-state index contributed by atoms with van der Waals surface area (Å²) in [5.41, 5.74) is 4.59. The van der Waals surface area contributed by atoms with Gasteiger partial charge >= 0.3 is 0 Å². The first-order valence-corrected chi connectivity index (χ1v) is 9.50. The van der Waals surface area contributed by atoms with Crippen LogP contribution in [0, 0.1) is 13.8 Å². The normalized spacial score (nSPS) is 10.9. The van der Waals surface area contributed by atoms with Gasteiger partial charge in [-0.1, -0.05) is 29.8 Å². The molecule has 1 amide bonds. The van der Waals surface area contributed by atoms with Crippen molar-refractivity contribution in [2.45, 2.75) is 39.7 Å². The lowest BCUT2D eigenvalue weighted by atomic mass is 10.1. The van der Waals surface area contributed by atoms with Gasteiger partial charge in [0.15, 0.2) is 0 Å². The first-order chi connectivity index (χ1) is 13.2. The van der Waals surface area contributed by atoms with Gasteiger partial charge in [0.05, 0.1) is 17.6 Å². The fourth-order valence-corrected chi connectivity index (χ4v) is 3.32. The Morgan fingerprint density at radius 1 is 1.15 bits per heavy atom. The van der Waals surface area contributed by atoms with Crippen LogP contribution >= 0.6 is 0 Å². The zero-order valence-electron chi connectivity index (χ0n) is 16.1. The van der Waals surface area contributed by atoms with Crippen molar-refractivity contribution >= 4 is 17.4 Å². The highest BCUT2D eigenvalue weighted by molar-refractivity contribution is 5.75. The summed E-state index contributed by atoms with van der Waals surface area (Å²) < 4.78 is 8.20. The standard InChI is InChI=1S/C22H27N3O2/c1-17-9-10-21(18(2)15-17)27-14-6-5-13-25-20-8-4-3-7-19(20)24-22(25)11-12-23-16-26/h3-4,7-10,15-16H,5-6,11-14H2,1-2H3,(H,23,26). The topological polar surface area (TPSA) is 56.1 Å². The third-order valence-corrected chi connectivity index (χ3v) is 4.67. The largest absolute Gasteiger partial charge is 0.493 e. The second kappa shape index (κ2) is 9.21. The van der Waals surface area contributed by atoms with Crippen molar-refractivity contribution < 1.29 is 9.53 Å². The number of amides is 1. The number of carbonyl (C=O) groups excluding carboxylic acids is 1. The van der Waals surface area contributed by atoms with Crippen molar-refractivity contribution in [3.8, 4) is 5.75 Å². The molecule has 1 heterocycles. The van der Waals surface area contributed by atoms with Crippen LogP contribution in [0.25, 0.3) is 11.0 Å². The molecule has 0 aliphatic carbocycles. The van der Waals surface area contributed by atoms with Gasteiger partial charge in [0.1, 0.15) is 11.6 Å². The van der Waals surface area contributed by atoms with E-state index in [9.17, 15) is 4.79 Å². The van der Waals surface area contributed by atoms with Crippen LogP contribution < -0.4 is 10.1 Å². The van der Waals surface area contributed by atoms with E-state index < -0.39 is 0 Å². The van der Waals surface area contributed by atoms with Crippen LogP contribution in [0.1, 0.15) is 29.8 Å². The van der Waals surface area contributed by atoms with Crippen molar-refractivity contribution in [1.82, 2.24) is 14.9 Å². The van der Waals surface area contributed by atoms with Gasteiger partial charge in [-0.15, -0.1) is 0 Å². The first-order valence-electron chi connectivity index (χ1n) is 9.50. The molecule has 0 saturated heterocycles. The number of aryl methyl sites for hydroxylation is 3. The van der Waals surface area contributed by atoms with Crippen molar-refractivity contribution in [1.29, 1.82) is 0 Å². The number of ether oxygens (including phenoxy) is 1. The summed E-state index contributed by atoms with van der Waals surface area (Å²) in [6.07, 6.45) is 3.45. The number of rotatable bonds is 10. The predicted molar refractivity (Wildman–Crippen MR) is 108 cm³/mol. The molecule has 0 atom stereocenters. The average Bonchev–Trinajstić information content (AvgIpc) is 3.01. The number of hydrogen-bond acceptors (Lipinski definition) is 3. The average molecular weight is 365 g/mol. The molecule has 1 N–H and O–H groups in total. The van der Waals surface area contributed by atoms with E-state index in [1.54, 1.807) is 0 Å².